The Bertz CT molecular complexity index is 774. The molecule has 3 rings (SSSR count). The van der Waals surface area contributed by atoms with Crippen LogP contribution in [0.3, 0.4) is 0 Å². The monoisotopic (exact) mass is 356 g/mol. The number of amides is 2. The van der Waals surface area contributed by atoms with Crippen LogP contribution < -0.4 is 10.2 Å². The van der Waals surface area contributed by atoms with Gasteiger partial charge in [-0.05, 0) is 36.8 Å². The first-order valence-electron chi connectivity index (χ1n) is 8.39. The summed E-state index contributed by atoms with van der Waals surface area (Å²) in [6.07, 6.45) is 0.816. The van der Waals surface area contributed by atoms with Gasteiger partial charge in [-0.3, -0.25) is 9.59 Å². The van der Waals surface area contributed by atoms with Crippen molar-refractivity contribution in [1.82, 2.24) is 5.32 Å². The van der Waals surface area contributed by atoms with Gasteiger partial charge in [0, 0.05) is 36.1 Å². The Morgan fingerprint density at radius 2 is 2.00 bits per heavy atom. The quantitative estimate of drug-likeness (QED) is 0.893. The lowest BCUT2D eigenvalue weighted by molar-refractivity contribution is -0.121. The van der Waals surface area contributed by atoms with Gasteiger partial charge >= 0.3 is 0 Å². The van der Waals surface area contributed by atoms with Crippen molar-refractivity contribution in [1.29, 1.82) is 0 Å². The van der Waals surface area contributed by atoms with Crippen LogP contribution in [0.5, 0.6) is 0 Å². The highest BCUT2D eigenvalue weighted by atomic mass is 35.5. The lowest BCUT2D eigenvalue weighted by atomic mass is 10.1. The van der Waals surface area contributed by atoms with Crippen LogP contribution in [0.2, 0.25) is 5.02 Å². The number of benzene rings is 2. The molecule has 1 aliphatic rings. The molecule has 1 fully saturated rings. The summed E-state index contributed by atoms with van der Waals surface area (Å²) in [6, 6.07) is 15.2. The van der Waals surface area contributed by atoms with Crippen molar-refractivity contribution in [3.05, 3.63) is 64.7 Å². The maximum Gasteiger partial charge on any atom is 0.227 e. The summed E-state index contributed by atoms with van der Waals surface area (Å²) in [5.74, 6) is 0.202. The summed E-state index contributed by atoms with van der Waals surface area (Å²) in [5.41, 5.74) is 3.00. The molecule has 0 aromatic heterocycles. The number of nitrogens with one attached hydrogen (secondary N) is 1. The summed E-state index contributed by atoms with van der Waals surface area (Å²) >= 11 is 5.89. The van der Waals surface area contributed by atoms with E-state index in [1.165, 1.54) is 0 Å². The predicted molar refractivity (Wildman–Crippen MR) is 99.8 cm³/mol. The van der Waals surface area contributed by atoms with Gasteiger partial charge in [0.2, 0.25) is 11.8 Å². The molecule has 0 radical (unpaired) electrons. The van der Waals surface area contributed by atoms with Crippen LogP contribution in [-0.4, -0.2) is 24.9 Å². The Morgan fingerprint density at radius 3 is 2.72 bits per heavy atom. The fourth-order valence-corrected chi connectivity index (χ4v) is 3.24. The molecule has 1 atom stereocenters. The normalized spacial score (nSPS) is 17.0. The van der Waals surface area contributed by atoms with Crippen LogP contribution in [0.1, 0.15) is 17.5 Å². The number of nitrogens with zero attached hydrogens (tertiary/aromatic N) is 1. The smallest absolute Gasteiger partial charge is 0.227 e. The van der Waals surface area contributed by atoms with Gasteiger partial charge in [-0.25, -0.2) is 0 Å². The van der Waals surface area contributed by atoms with Crippen molar-refractivity contribution in [3.8, 4) is 0 Å². The molecule has 1 N–H and O–H groups in total. The van der Waals surface area contributed by atoms with Gasteiger partial charge < -0.3 is 10.2 Å². The summed E-state index contributed by atoms with van der Waals surface area (Å²) in [6.45, 7) is 3.14. The van der Waals surface area contributed by atoms with E-state index in [0.29, 0.717) is 31.0 Å². The summed E-state index contributed by atoms with van der Waals surface area (Å²) in [5, 5.41) is 3.60. The summed E-state index contributed by atoms with van der Waals surface area (Å²) < 4.78 is 0. The first kappa shape index (κ1) is 17.5. The second kappa shape index (κ2) is 7.70. The first-order valence-corrected chi connectivity index (χ1v) is 8.77. The minimum atomic E-state index is -0.0111. The van der Waals surface area contributed by atoms with Crippen molar-refractivity contribution in [2.24, 2.45) is 5.92 Å². The zero-order chi connectivity index (χ0) is 17.8. The molecular formula is C20H21ClN2O2. The minimum Gasteiger partial charge on any atom is -0.355 e. The molecule has 1 saturated heterocycles. The molecule has 0 aliphatic carbocycles. The second-order valence-electron chi connectivity index (χ2n) is 6.52. The van der Waals surface area contributed by atoms with E-state index in [0.717, 1.165) is 16.8 Å². The van der Waals surface area contributed by atoms with E-state index in [1.807, 2.05) is 43.3 Å². The highest BCUT2D eigenvalue weighted by Crippen LogP contribution is 2.25. The Hall–Kier alpha value is -2.33. The van der Waals surface area contributed by atoms with E-state index in [9.17, 15) is 9.59 Å². The predicted octanol–water partition coefficient (Wildman–Crippen LogP) is 3.36. The van der Waals surface area contributed by atoms with Crippen molar-refractivity contribution in [2.45, 2.75) is 19.8 Å². The average Bonchev–Trinajstić information content (AvgIpc) is 2.95. The van der Waals surface area contributed by atoms with Gasteiger partial charge in [0.15, 0.2) is 0 Å². The number of carbonyl (C=O) groups excluding carboxylic acids is 2. The lowest BCUT2D eigenvalue weighted by Gasteiger charge is -2.17. The Morgan fingerprint density at radius 1 is 1.24 bits per heavy atom. The third kappa shape index (κ3) is 4.60. The van der Waals surface area contributed by atoms with Crippen molar-refractivity contribution in [3.63, 3.8) is 0 Å². The molecule has 2 aromatic rings. The van der Waals surface area contributed by atoms with Crippen LogP contribution >= 0.6 is 11.6 Å². The summed E-state index contributed by atoms with van der Waals surface area (Å²) in [7, 11) is 0. The maximum absolute atomic E-state index is 12.2. The first-order chi connectivity index (χ1) is 12.0. The zero-order valence-electron chi connectivity index (χ0n) is 14.2. The number of anilines is 1. The number of hydrogen-bond acceptors (Lipinski definition) is 2. The molecule has 2 aromatic carbocycles. The molecule has 4 nitrogen and oxygen atoms in total. The number of hydrogen-bond donors (Lipinski definition) is 1. The molecule has 1 unspecified atom stereocenters. The molecule has 25 heavy (non-hydrogen) atoms. The molecule has 130 valence electrons. The Kier molecular flexibility index (Phi) is 5.39. The van der Waals surface area contributed by atoms with Crippen molar-refractivity contribution in [2.75, 3.05) is 18.0 Å². The topological polar surface area (TPSA) is 49.4 Å². The van der Waals surface area contributed by atoms with Crippen LogP contribution in [0, 0.1) is 12.8 Å². The molecule has 5 heteroatoms. The van der Waals surface area contributed by atoms with Crippen LogP contribution in [-0.2, 0) is 16.0 Å². The van der Waals surface area contributed by atoms with Gasteiger partial charge in [0.05, 0.1) is 6.42 Å². The average molecular weight is 357 g/mol. The van der Waals surface area contributed by atoms with Gasteiger partial charge in [0.1, 0.15) is 0 Å². The van der Waals surface area contributed by atoms with E-state index in [1.54, 1.807) is 17.0 Å². The zero-order valence-corrected chi connectivity index (χ0v) is 14.9. The standard InChI is InChI=1S/C20H21ClN2O2/c1-14-3-2-4-15(9-14)10-19(24)22-12-16-11-20(25)23(13-16)18-7-5-17(21)6-8-18/h2-9,16H,10-13H2,1H3,(H,22,24). The molecule has 0 bridgehead atoms. The Balaban J connectivity index is 1.51. The fourth-order valence-electron chi connectivity index (χ4n) is 3.12. The van der Waals surface area contributed by atoms with Crippen molar-refractivity contribution >= 4 is 29.1 Å². The van der Waals surface area contributed by atoms with Gasteiger partial charge in [-0.15, -0.1) is 0 Å². The van der Waals surface area contributed by atoms with Crippen LogP contribution in [0.25, 0.3) is 0 Å². The fraction of sp³-hybridized carbons (Fsp3) is 0.300. The third-order valence-corrected chi connectivity index (χ3v) is 4.63. The minimum absolute atomic E-state index is 0.0111. The lowest BCUT2D eigenvalue weighted by Crippen LogP contribution is -2.32. The van der Waals surface area contributed by atoms with E-state index in [2.05, 4.69) is 5.32 Å². The maximum atomic E-state index is 12.2. The highest BCUT2D eigenvalue weighted by Gasteiger charge is 2.30. The number of halogens is 1. The van der Waals surface area contributed by atoms with Gasteiger partial charge in [0.25, 0.3) is 0 Å². The van der Waals surface area contributed by atoms with E-state index in [-0.39, 0.29) is 17.7 Å². The number of aryl methyl sites for hydroxylation is 1. The van der Waals surface area contributed by atoms with Crippen molar-refractivity contribution < 1.29 is 9.59 Å². The molecular weight excluding hydrogens is 336 g/mol. The number of carbonyl (C=O) groups is 2. The molecule has 1 aliphatic heterocycles. The van der Waals surface area contributed by atoms with Crippen LogP contribution in [0.15, 0.2) is 48.5 Å². The molecule has 0 saturated carbocycles. The second-order valence-corrected chi connectivity index (χ2v) is 6.96. The molecule has 1 heterocycles. The molecule has 0 spiro atoms. The molecule has 2 amide bonds. The largest absolute Gasteiger partial charge is 0.355 e. The SMILES string of the molecule is Cc1cccc(CC(=O)NCC2CC(=O)N(c3ccc(Cl)cc3)C2)c1. The van der Waals surface area contributed by atoms with E-state index in [4.69, 9.17) is 11.6 Å². The van der Waals surface area contributed by atoms with Gasteiger partial charge in [-0.1, -0.05) is 41.4 Å². The van der Waals surface area contributed by atoms with Gasteiger partial charge in [-0.2, -0.15) is 0 Å². The van der Waals surface area contributed by atoms with E-state index >= 15 is 0 Å². The van der Waals surface area contributed by atoms with E-state index < -0.39 is 0 Å². The third-order valence-electron chi connectivity index (χ3n) is 4.38. The Labute approximate surface area is 152 Å². The highest BCUT2D eigenvalue weighted by molar-refractivity contribution is 6.30. The van der Waals surface area contributed by atoms with Crippen LogP contribution in [0.4, 0.5) is 5.69 Å². The number of rotatable bonds is 5. The summed E-state index contributed by atoms with van der Waals surface area (Å²) in [4.78, 5) is 26.1.